The maximum Gasteiger partial charge on any atom is 0.144 e. The van der Waals surface area contributed by atoms with Gasteiger partial charge in [-0.1, -0.05) is 35.0 Å². The standard InChI is InChI=1S/C19H13Cl2N3OS/c1-24-17(11-2-4-12(25)5-3-11)9-14-18(24)22-10-23-19(14)26-13-6-7-15(20)16(21)8-13/h2-10,25H,1H3. The van der Waals surface area contributed by atoms with E-state index in [0.717, 1.165) is 32.2 Å². The normalized spacial score (nSPS) is 11.2. The third-order valence-electron chi connectivity index (χ3n) is 4.06. The van der Waals surface area contributed by atoms with Crippen LogP contribution in [-0.4, -0.2) is 19.6 Å². The van der Waals surface area contributed by atoms with Crippen LogP contribution in [0, 0.1) is 0 Å². The summed E-state index contributed by atoms with van der Waals surface area (Å²) in [7, 11) is 1.96. The van der Waals surface area contributed by atoms with Gasteiger partial charge in [-0.3, -0.25) is 0 Å². The van der Waals surface area contributed by atoms with Crippen LogP contribution in [0.15, 0.2) is 64.8 Å². The summed E-state index contributed by atoms with van der Waals surface area (Å²) < 4.78 is 2.02. The maximum atomic E-state index is 9.51. The van der Waals surface area contributed by atoms with Crippen molar-refractivity contribution in [3.8, 4) is 17.0 Å². The SMILES string of the molecule is Cn1c(-c2ccc(O)cc2)cc2c(Sc3ccc(Cl)c(Cl)c3)ncnc21. The zero-order valence-electron chi connectivity index (χ0n) is 13.6. The molecule has 0 radical (unpaired) electrons. The van der Waals surface area contributed by atoms with Crippen molar-refractivity contribution in [2.24, 2.45) is 7.05 Å². The van der Waals surface area contributed by atoms with Crippen LogP contribution in [0.4, 0.5) is 0 Å². The Labute approximate surface area is 164 Å². The van der Waals surface area contributed by atoms with E-state index < -0.39 is 0 Å². The second kappa shape index (κ2) is 6.83. The minimum Gasteiger partial charge on any atom is -0.508 e. The van der Waals surface area contributed by atoms with E-state index >= 15 is 0 Å². The molecule has 1 N–H and O–H groups in total. The Morgan fingerprint density at radius 1 is 0.962 bits per heavy atom. The number of aryl methyl sites for hydroxylation is 1. The molecule has 2 aromatic heterocycles. The lowest BCUT2D eigenvalue weighted by Crippen LogP contribution is -1.93. The number of benzene rings is 2. The lowest BCUT2D eigenvalue weighted by Gasteiger charge is -2.05. The number of aromatic hydroxyl groups is 1. The Kier molecular flexibility index (Phi) is 4.53. The van der Waals surface area contributed by atoms with Crippen LogP contribution in [0.2, 0.25) is 10.0 Å². The first-order chi connectivity index (χ1) is 12.5. The topological polar surface area (TPSA) is 50.9 Å². The Hall–Kier alpha value is -2.21. The molecule has 0 aliphatic carbocycles. The van der Waals surface area contributed by atoms with Crippen molar-refractivity contribution in [3.05, 3.63) is 64.9 Å². The van der Waals surface area contributed by atoms with Crippen molar-refractivity contribution in [2.45, 2.75) is 9.92 Å². The van der Waals surface area contributed by atoms with Gasteiger partial charge >= 0.3 is 0 Å². The van der Waals surface area contributed by atoms with Crippen molar-refractivity contribution in [2.75, 3.05) is 0 Å². The van der Waals surface area contributed by atoms with Crippen LogP contribution in [0.25, 0.3) is 22.3 Å². The molecule has 4 aromatic rings. The highest BCUT2D eigenvalue weighted by atomic mass is 35.5. The summed E-state index contributed by atoms with van der Waals surface area (Å²) in [5, 5.41) is 12.3. The van der Waals surface area contributed by atoms with Crippen LogP contribution in [0.5, 0.6) is 5.75 Å². The molecule has 0 atom stereocenters. The van der Waals surface area contributed by atoms with Crippen molar-refractivity contribution >= 4 is 46.0 Å². The molecule has 130 valence electrons. The summed E-state index contributed by atoms with van der Waals surface area (Å²) in [6, 6.07) is 14.7. The smallest absolute Gasteiger partial charge is 0.144 e. The Morgan fingerprint density at radius 2 is 1.73 bits per heavy atom. The first kappa shape index (κ1) is 17.2. The van der Waals surface area contributed by atoms with Gasteiger partial charge in [-0.05, 0) is 54.1 Å². The Morgan fingerprint density at radius 3 is 2.46 bits per heavy atom. The molecule has 0 saturated carbocycles. The molecule has 0 bridgehead atoms. The molecule has 2 heterocycles. The van der Waals surface area contributed by atoms with Gasteiger partial charge < -0.3 is 9.67 Å². The quantitative estimate of drug-likeness (QED) is 0.440. The van der Waals surface area contributed by atoms with E-state index in [1.54, 1.807) is 24.5 Å². The number of phenolic OH excluding ortho intramolecular Hbond substituents is 1. The van der Waals surface area contributed by atoms with Gasteiger partial charge in [0.25, 0.3) is 0 Å². The van der Waals surface area contributed by atoms with Gasteiger partial charge in [-0.25, -0.2) is 9.97 Å². The largest absolute Gasteiger partial charge is 0.508 e. The number of hydrogen-bond donors (Lipinski definition) is 1. The van der Waals surface area contributed by atoms with Gasteiger partial charge in [0.05, 0.1) is 21.1 Å². The van der Waals surface area contributed by atoms with E-state index in [4.69, 9.17) is 23.2 Å². The minimum atomic E-state index is 0.239. The number of rotatable bonds is 3. The van der Waals surface area contributed by atoms with Gasteiger partial charge in [0, 0.05) is 11.9 Å². The Bertz CT molecular complexity index is 1110. The summed E-state index contributed by atoms with van der Waals surface area (Å²) >= 11 is 13.6. The fourth-order valence-corrected chi connectivity index (χ4v) is 4.01. The van der Waals surface area contributed by atoms with Crippen LogP contribution < -0.4 is 0 Å². The van der Waals surface area contributed by atoms with E-state index in [0.29, 0.717) is 10.0 Å². The molecule has 0 unspecified atom stereocenters. The van der Waals surface area contributed by atoms with Crippen molar-refractivity contribution in [1.82, 2.24) is 14.5 Å². The van der Waals surface area contributed by atoms with Crippen LogP contribution in [-0.2, 0) is 7.05 Å². The van der Waals surface area contributed by atoms with Crippen LogP contribution in [0.1, 0.15) is 0 Å². The second-order valence-corrected chi connectivity index (χ2v) is 7.61. The highest BCUT2D eigenvalue weighted by Gasteiger charge is 2.14. The number of aromatic nitrogens is 3. The van der Waals surface area contributed by atoms with E-state index in [-0.39, 0.29) is 5.75 Å². The number of nitrogens with zero attached hydrogens (tertiary/aromatic N) is 3. The van der Waals surface area contributed by atoms with Crippen LogP contribution in [0.3, 0.4) is 0 Å². The minimum absolute atomic E-state index is 0.239. The molecule has 26 heavy (non-hydrogen) atoms. The molecule has 0 fully saturated rings. The molecular formula is C19H13Cl2N3OS. The number of halogens is 2. The molecule has 4 rings (SSSR count). The first-order valence-corrected chi connectivity index (χ1v) is 9.33. The third kappa shape index (κ3) is 3.14. The number of fused-ring (bicyclic) bond motifs is 1. The monoisotopic (exact) mass is 401 g/mol. The third-order valence-corrected chi connectivity index (χ3v) is 5.80. The van der Waals surface area contributed by atoms with E-state index in [2.05, 4.69) is 16.0 Å². The van der Waals surface area contributed by atoms with Gasteiger partial charge in [-0.2, -0.15) is 0 Å². The lowest BCUT2D eigenvalue weighted by molar-refractivity contribution is 0.475. The highest BCUT2D eigenvalue weighted by Crippen LogP contribution is 2.36. The second-order valence-electron chi connectivity index (χ2n) is 5.73. The highest BCUT2D eigenvalue weighted by molar-refractivity contribution is 7.99. The molecule has 0 saturated heterocycles. The molecule has 4 nitrogen and oxygen atoms in total. The predicted octanol–water partition coefficient (Wildman–Crippen LogP) is 5.80. The zero-order valence-corrected chi connectivity index (χ0v) is 16.0. The molecule has 0 aliphatic rings. The summed E-state index contributed by atoms with van der Waals surface area (Å²) in [6.07, 6.45) is 1.56. The van der Waals surface area contributed by atoms with Gasteiger partial charge in [0.15, 0.2) is 0 Å². The summed E-state index contributed by atoms with van der Waals surface area (Å²) in [5.74, 6) is 0.239. The van der Waals surface area contributed by atoms with Gasteiger partial charge in [0.1, 0.15) is 22.7 Å². The predicted molar refractivity (Wildman–Crippen MR) is 106 cm³/mol. The fraction of sp³-hybridized carbons (Fsp3) is 0.0526. The molecular weight excluding hydrogens is 389 g/mol. The molecule has 0 aliphatic heterocycles. The van der Waals surface area contributed by atoms with E-state index in [9.17, 15) is 5.11 Å². The first-order valence-electron chi connectivity index (χ1n) is 7.75. The lowest BCUT2D eigenvalue weighted by atomic mass is 10.1. The van der Waals surface area contributed by atoms with Crippen LogP contribution >= 0.6 is 35.0 Å². The van der Waals surface area contributed by atoms with E-state index in [1.165, 1.54) is 11.8 Å². The number of hydrogen-bond acceptors (Lipinski definition) is 4. The van der Waals surface area contributed by atoms with E-state index in [1.807, 2.05) is 35.9 Å². The van der Waals surface area contributed by atoms with Crippen molar-refractivity contribution < 1.29 is 5.11 Å². The molecule has 7 heteroatoms. The average molecular weight is 402 g/mol. The maximum absolute atomic E-state index is 9.51. The summed E-state index contributed by atoms with van der Waals surface area (Å²) in [4.78, 5) is 9.81. The van der Waals surface area contributed by atoms with Crippen molar-refractivity contribution in [1.29, 1.82) is 0 Å². The number of phenols is 1. The molecule has 2 aromatic carbocycles. The zero-order chi connectivity index (χ0) is 18.3. The summed E-state index contributed by atoms with van der Waals surface area (Å²) in [5.41, 5.74) is 2.83. The Balaban J connectivity index is 1.80. The molecule has 0 amide bonds. The van der Waals surface area contributed by atoms with Gasteiger partial charge in [-0.15, -0.1) is 0 Å². The molecule has 0 spiro atoms. The van der Waals surface area contributed by atoms with Gasteiger partial charge in [0.2, 0.25) is 0 Å². The summed E-state index contributed by atoms with van der Waals surface area (Å²) in [6.45, 7) is 0. The van der Waals surface area contributed by atoms with Crippen molar-refractivity contribution in [3.63, 3.8) is 0 Å². The fourth-order valence-electron chi connectivity index (χ4n) is 2.75. The average Bonchev–Trinajstić information content (AvgIpc) is 2.97.